The van der Waals surface area contributed by atoms with E-state index in [1.54, 1.807) is 19.2 Å². The zero-order chi connectivity index (χ0) is 17.7. The third-order valence-corrected chi connectivity index (χ3v) is 4.45. The Balaban J connectivity index is 2.24. The molecule has 0 heterocycles. The molecule has 0 saturated carbocycles. The first-order valence-corrected chi connectivity index (χ1v) is 8.50. The van der Waals surface area contributed by atoms with Crippen LogP contribution >= 0.6 is 23.2 Å². The molecule has 1 amide bonds. The van der Waals surface area contributed by atoms with Crippen molar-refractivity contribution < 1.29 is 9.53 Å². The Morgan fingerprint density at radius 3 is 2.46 bits per heavy atom. The lowest BCUT2D eigenvalue weighted by atomic mass is 10.1. The van der Waals surface area contributed by atoms with Gasteiger partial charge in [-0.15, -0.1) is 0 Å². The highest BCUT2D eigenvalue weighted by atomic mass is 35.5. The van der Waals surface area contributed by atoms with E-state index in [0.29, 0.717) is 28.8 Å². The van der Waals surface area contributed by atoms with Crippen molar-refractivity contribution >= 4 is 29.1 Å². The van der Waals surface area contributed by atoms with Crippen molar-refractivity contribution in [3.63, 3.8) is 0 Å². The highest BCUT2D eigenvalue weighted by Gasteiger charge is 2.19. The second-order valence-electron chi connectivity index (χ2n) is 5.91. The minimum atomic E-state index is -0.0194. The Morgan fingerprint density at radius 2 is 1.83 bits per heavy atom. The zero-order valence-electron chi connectivity index (χ0n) is 14.1. The second-order valence-corrected chi connectivity index (χ2v) is 6.72. The fourth-order valence-corrected chi connectivity index (χ4v) is 2.77. The molecule has 24 heavy (non-hydrogen) atoms. The second kappa shape index (κ2) is 8.52. The number of carbonyl (C=O) groups is 1. The van der Waals surface area contributed by atoms with Crippen LogP contribution in [0, 0.1) is 0 Å². The molecule has 0 aliphatic carbocycles. The standard InChI is InChI=1S/C19H21Cl2NO2/c1-13(2)22(11-14-7-8-17(20)18(21)10-14)19(23)16-6-4-5-15(9-16)12-24-3/h4-10,13H,11-12H2,1-3H3. The SMILES string of the molecule is COCc1cccc(C(=O)N(Cc2ccc(Cl)c(Cl)c2)C(C)C)c1. The fourth-order valence-electron chi connectivity index (χ4n) is 2.45. The molecule has 128 valence electrons. The summed E-state index contributed by atoms with van der Waals surface area (Å²) < 4.78 is 5.14. The number of methoxy groups -OCH3 is 1. The molecule has 3 nitrogen and oxygen atoms in total. The normalized spacial score (nSPS) is 10.9. The van der Waals surface area contributed by atoms with Crippen LogP contribution in [0.2, 0.25) is 10.0 Å². The Bertz CT molecular complexity index is 716. The van der Waals surface area contributed by atoms with Gasteiger partial charge in [-0.2, -0.15) is 0 Å². The van der Waals surface area contributed by atoms with Crippen molar-refractivity contribution in [2.75, 3.05) is 7.11 Å². The fraction of sp³-hybridized carbons (Fsp3) is 0.316. The molecule has 2 aromatic carbocycles. The summed E-state index contributed by atoms with van der Waals surface area (Å²) in [6.07, 6.45) is 0. The number of hydrogen-bond donors (Lipinski definition) is 0. The van der Waals surface area contributed by atoms with Crippen LogP contribution in [-0.4, -0.2) is 24.0 Å². The highest BCUT2D eigenvalue weighted by molar-refractivity contribution is 6.42. The van der Waals surface area contributed by atoms with E-state index in [0.717, 1.165) is 11.1 Å². The lowest BCUT2D eigenvalue weighted by Gasteiger charge is -2.27. The number of halogens is 2. The van der Waals surface area contributed by atoms with Crippen molar-refractivity contribution in [1.82, 2.24) is 4.90 Å². The zero-order valence-corrected chi connectivity index (χ0v) is 15.6. The lowest BCUT2D eigenvalue weighted by molar-refractivity contribution is 0.0690. The van der Waals surface area contributed by atoms with E-state index >= 15 is 0 Å². The Kier molecular flexibility index (Phi) is 6.67. The summed E-state index contributed by atoms with van der Waals surface area (Å²) in [6, 6.07) is 13.0. The maximum atomic E-state index is 12.9. The van der Waals surface area contributed by atoms with Crippen molar-refractivity contribution in [1.29, 1.82) is 0 Å². The van der Waals surface area contributed by atoms with E-state index in [9.17, 15) is 4.79 Å². The van der Waals surface area contributed by atoms with Crippen LogP contribution in [0.3, 0.4) is 0 Å². The summed E-state index contributed by atoms with van der Waals surface area (Å²) in [7, 11) is 1.64. The van der Waals surface area contributed by atoms with Gasteiger partial charge >= 0.3 is 0 Å². The molecule has 2 rings (SSSR count). The number of carbonyl (C=O) groups excluding carboxylic acids is 1. The first kappa shape index (κ1) is 18.8. The third kappa shape index (κ3) is 4.73. The van der Waals surface area contributed by atoms with Gasteiger partial charge in [0.05, 0.1) is 16.7 Å². The molecule has 0 atom stereocenters. The van der Waals surface area contributed by atoms with E-state index in [2.05, 4.69) is 0 Å². The van der Waals surface area contributed by atoms with Gasteiger partial charge in [-0.3, -0.25) is 4.79 Å². The third-order valence-electron chi connectivity index (χ3n) is 3.71. The molecular weight excluding hydrogens is 345 g/mol. The summed E-state index contributed by atoms with van der Waals surface area (Å²) in [5, 5.41) is 1.00. The molecule has 0 aromatic heterocycles. The summed E-state index contributed by atoms with van der Waals surface area (Å²) >= 11 is 12.0. The van der Waals surface area contributed by atoms with Gasteiger partial charge in [0.2, 0.25) is 0 Å². The van der Waals surface area contributed by atoms with E-state index in [-0.39, 0.29) is 11.9 Å². The van der Waals surface area contributed by atoms with Gasteiger partial charge in [0, 0.05) is 25.3 Å². The van der Waals surface area contributed by atoms with Crippen molar-refractivity contribution in [2.45, 2.75) is 33.0 Å². The minimum Gasteiger partial charge on any atom is -0.380 e. The number of rotatable bonds is 6. The van der Waals surface area contributed by atoms with Gasteiger partial charge in [0.15, 0.2) is 0 Å². The molecule has 0 spiro atoms. The number of nitrogens with zero attached hydrogens (tertiary/aromatic N) is 1. The van der Waals surface area contributed by atoms with Crippen molar-refractivity contribution in [2.24, 2.45) is 0 Å². The molecule has 0 bridgehead atoms. The van der Waals surface area contributed by atoms with Crippen LogP contribution in [0.4, 0.5) is 0 Å². The monoisotopic (exact) mass is 365 g/mol. The van der Waals surface area contributed by atoms with Crippen LogP contribution in [0.5, 0.6) is 0 Å². The highest BCUT2D eigenvalue weighted by Crippen LogP contribution is 2.24. The molecule has 0 radical (unpaired) electrons. The molecule has 0 unspecified atom stereocenters. The van der Waals surface area contributed by atoms with Gasteiger partial charge in [0.1, 0.15) is 0 Å². The quantitative estimate of drug-likeness (QED) is 0.704. The number of ether oxygens (including phenoxy) is 1. The van der Waals surface area contributed by atoms with E-state index in [4.69, 9.17) is 27.9 Å². The summed E-state index contributed by atoms with van der Waals surface area (Å²) in [5.74, 6) is -0.0194. The smallest absolute Gasteiger partial charge is 0.254 e. The van der Waals surface area contributed by atoms with Crippen molar-refractivity contribution in [3.05, 3.63) is 69.2 Å². The predicted octanol–water partition coefficient (Wildman–Crippen LogP) is 5.19. The van der Waals surface area contributed by atoms with E-state index in [1.165, 1.54) is 0 Å². The molecule has 0 aliphatic rings. The molecule has 0 aliphatic heterocycles. The van der Waals surface area contributed by atoms with Crippen LogP contribution in [0.15, 0.2) is 42.5 Å². The van der Waals surface area contributed by atoms with Gasteiger partial charge in [-0.25, -0.2) is 0 Å². The average molecular weight is 366 g/mol. The van der Waals surface area contributed by atoms with Crippen molar-refractivity contribution in [3.8, 4) is 0 Å². The minimum absolute atomic E-state index is 0.0194. The molecule has 0 saturated heterocycles. The number of benzene rings is 2. The maximum Gasteiger partial charge on any atom is 0.254 e. The Hall–Kier alpha value is -1.55. The Labute approximate surface area is 153 Å². The lowest BCUT2D eigenvalue weighted by Crippen LogP contribution is -2.36. The Morgan fingerprint density at radius 1 is 1.08 bits per heavy atom. The average Bonchev–Trinajstić information content (AvgIpc) is 2.55. The predicted molar refractivity (Wildman–Crippen MR) is 98.6 cm³/mol. The maximum absolute atomic E-state index is 12.9. The van der Waals surface area contributed by atoms with Gasteiger partial charge in [-0.05, 0) is 49.2 Å². The summed E-state index contributed by atoms with van der Waals surface area (Å²) in [5.41, 5.74) is 2.57. The molecular formula is C19H21Cl2NO2. The van der Waals surface area contributed by atoms with Crippen LogP contribution in [-0.2, 0) is 17.9 Å². The summed E-state index contributed by atoms with van der Waals surface area (Å²) in [6.45, 7) is 4.94. The molecule has 0 fully saturated rings. The van der Waals surface area contributed by atoms with Crippen LogP contribution in [0.25, 0.3) is 0 Å². The first-order valence-electron chi connectivity index (χ1n) is 7.75. The molecule has 2 aromatic rings. The van der Waals surface area contributed by atoms with E-state index < -0.39 is 0 Å². The molecule has 5 heteroatoms. The topological polar surface area (TPSA) is 29.5 Å². The van der Waals surface area contributed by atoms with Gasteiger partial charge in [-0.1, -0.05) is 41.4 Å². The number of hydrogen-bond acceptors (Lipinski definition) is 2. The molecule has 0 N–H and O–H groups in total. The van der Waals surface area contributed by atoms with Gasteiger partial charge in [0.25, 0.3) is 5.91 Å². The van der Waals surface area contributed by atoms with Crippen LogP contribution in [0.1, 0.15) is 35.3 Å². The number of amides is 1. The largest absolute Gasteiger partial charge is 0.380 e. The van der Waals surface area contributed by atoms with Crippen LogP contribution < -0.4 is 0 Å². The first-order chi connectivity index (χ1) is 11.4. The summed E-state index contributed by atoms with van der Waals surface area (Å²) in [4.78, 5) is 14.7. The van der Waals surface area contributed by atoms with Gasteiger partial charge < -0.3 is 9.64 Å². The van der Waals surface area contributed by atoms with E-state index in [1.807, 2.05) is 49.1 Å².